The maximum Gasteiger partial charge on any atom is 0.309 e. The monoisotopic (exact) mass is 290 g/mol. The highest BCUT2D eigenvalue weighted by Crippen LogP contribution is 2.22. The molecule has 0 N–H and O–H groups in total. The molecule has 0 aliphatic carbocycles. The number of hydrogen-bond acceptors (Lipinski definition) is 2. The number of halogens is 1. The molecule has 0 bridgehead atoms. The summed E-state index contributed by atoms with van der Waals surface area (Å²) in [6, 6.07) is 6.62. The van der Waals surface area contributed by atoms with E-state index in [0.717, 1.165) is 36.8 Å². The fraction of sp³-hybridized carbons (Fsp3) is 0.389. The Morgan fingerprint density at radius 3 is 2.81 bits per heavy atom. The van der Waals surface area contributed by atoms with E-state index in [-0.39, 0.29) is 18.2 Å². The molecule has 21 heavy (non-hydrogen) atoms. The number of ether oxygens (including phenoxy) is 1. The summed E-state index contributed by atoms with van der Waals surface area (Å²) < 4.78 is 17.9. The van der Waals surface area contributed by atoms with E-state index >= 15 is 0 Å². The van der Waals surface area contributed by atoms with Crippen LogP contribution < -0.4 is 0 Å². The first-order valence-electron chi connectivity index (χ1n) is 7.35. The van der Waals surface area contributed by atoms with E-state index in [2.05, 4.69) is 11.7 Å². The summed E-state index contributed by atoms with van der Waals surface area (Å²) in [5.41, 5.74) is 1.98. The van der Waals surface area contributed by atoms with E-state index in [1.54, 1.807) is 18.2 Å². The normalized spacial score (nSPS) is 11.9. The van der Waals surface area contributed by atoms with Crippen LogP contribution in [0, 0.1) is 5.82 Å². The molecule has 0 amide bonds. The quantitative estimate of drug-likeness (QED) is 0.386. The number of unbranched alkanes of at least 4 members (excludes halogenated alkanes) is 2. The average Bonchev–Trinajstić information content (AvgIpc) is 2.49. The first kappa shape index (κ1) is 17.2. The van der Waals surface area contributed by atoms with Crippen molar-refractivity contribution < 1.29 is 13.9 Å². The van der Waals surface area contributed by atoms with Gasteiger partial charge < -0.3 is 4.74 Å². The Labute approximate surface area is 126 Å². The Kier molecular flexibility index (Phi) is 8.10. The van der Waals surface area contributed by atoms with E-state index in [9.17, 15) is 9.18 Å². The zero-order valence-electron chi connectivity index (χ0n) is 12.8. The lowest BCUT2D eigenvalue weighted by Crippen LogP contribution is -1.96. The summed E-state index contributed by atoms with van der Waals surface area (Å²) in [6.07, 6.45) is 10.1. The van der Waals surface area contributed by atoms with Gasteiger partial charge >= 0.3 is 5.97 Å². The molecule has 1 rings (SSSR count). The lowest BCUT2D eigenvalue weighted by atomic mass is 9.99. The van der Waals surface area contributed by atoms with Gasteiger partial charge in [0, 0.05) is 0 Å². The second-order valence-corrected chi connectivity index (χ2v) is 4.87. The van der Waals surface area contributed by atoms with Crippen molar-refractivity contribution in [2.75, 3.05) is 7.11 Å². The van der Waals surface area contributed by atoms with Crippen LogP contribution >= 0.6 is 0 Å². The van der Waals surface area contributed by atoms with Crippen molar-refractivity contribution in [2.24, 2.45) is 0 Å². The number of esters is 1. The lowest BCUT2D eigenvalue weighted by molar-refractivity contribution is -0.139. The summed E-state index contributed by atoms with van der Waals surface area (Å²) >= 11 is 0. The van der Waals surface area contributed by atoms with Crippen molar-refractivity contribution in [2.45, 2.75) is 39.0 Å². The Morgan fingerprint density at radius 2 is 2.14 bits per heavy atom. The third-order valence-corrected chi connectivity index (χ3v) is 3.19. The van der Waals surface area contributed by atoms with Crippen LogP contribution in [0.25, 0.3) is 5.57 Å². The molecule has 0 heterocycles. The molecule has 0 aliphatic heterocycles. The van der Waals surface area contributed by atoms with Crippen LogP contribution in [0.15, 0.2) is 42.5 Å². The smallest absolute Gasteiger partial charge is 0.309 e. The van der Waals surface area contributed by atoms with Crippen LogP contribution in [0.4, 0.5) is 4.39 Å². The third kappa shape index (κ3) is 6.89. The van der Waals surface area contributed by atoms with Crippen molar-refractivity contribution in [3.05, 3.63) is 53.9 Å². The van der Waals surface area contributed by atoms with Gasteiger partial charge in [0.25, 0.3) is 0 Å². The molecule has 0 fully saturated rings. The van der Waals surface area contributed by atoms with Gasteiger partial charge in [0.1, 0.15) is 5.82 Å². The van der Waals surface area contributed by atoms with E-state index < -0.39 is 0 Å². The molecule has 1 aromatic carbocycles. The number of hydrogen-bond donors (Lipinski definition) is 0. The van der Waals surface area contributed by atoms with Crippen LogP contribution in [0.2, 0.25) is 0 Å². The summed E-state index contributed by atoms with van der Waals surface area (Å²) in [4.78, 5) is 11.0. The van der Waals surface area contributed by atoms with Gasteiger partial charge in [-0.2, -0.15) is 0 Å². The molecule has 0 radical (unpaired) electrons. The molecule has 3 heteroatoms. The molecule has 0 saturated heterocycles. The van der Waals surface area contributed by atoms with Crippen LogP contribution in [0.3, 0.4) is 0 Å². The van der Waals surface area contributed by atoms with Gasteiger partial charge in [-0.3, -0.25) is 4.79 Å². The fourth-order valence-corrected chi connectivity index (χ4v) is 2.01. The molecule has 0 aromatic heterocycles. The van der Waals surface area contributed by atoms with Gasteiger partial charge in [-0.15, -0.1) is 0 Å². The van der Waals surface area contributed by atoms with Gasteiger partial charge in [0.05, 0.1) is 13.5 Å². The molecule has 0 spiro atoms. The van der Waals surface area contributed by atoms with Crippen LogP contribution in [-0.4, -0.2) is 13.1 Å². The highest BCUT2D eigenvalue weighted by molar-refractivity contribution is 5.71. The van der Waals surface area contributed by atoms with Crippen molar-refractivity contribution in [1.29, 1.82) is 0 Å². The molecule has 1 aromatic rings. The van der Waals surface area contributed by atoms with E-state index in [0.29, 0.717) is 0 Å². The molecule has 0 aliphatic rings. The molecular weight excluding hydrogens is 267 g/mol. The second-order valence-electron chi connectivity index (χ2n) is 4.87. The molecule has 0 saturated carbocycles. The van der Waals surface area contributed by atoms with Crippen molar-refractivity contribution in [3.8, 4) is 0 Å². The highest BCUT2D eigenvalue weighted by Gasteiger charge is 2.02. The number of rotatable bonds is 8. The molecule has 0 atom stereocenters. The van der Waals surface area contributed by atoms with E-state index in [1.165, 1.54) is 13.2 Å². The Hall–Kier alpha value is -1.90. The van der Waals surface area contributed by atoms with Gasteiger partial charge in [-0.1, -0.05) is 50.1 Å². The average molecular weight is 290 g/mol. The maximum atomic E-state index is 13.3. The largest absolute Gasteiger partial charge is 0.469 e. The Morgan fingerprint density at radius 1 is 1.33 bits per heavy atom. The SMILES string of the molecule is CCCCC/C(=C/C=C/CC(=O)OC)c1cccc(F)c1. The third-order valence-electron chi connectivity index (χ3n) is 3.19. The number of carbonyl (C=O) groups is 1. The summed E-state index contributed by atoms with van der Waals surface area (Å²) in [5.74, 6) is -0.495. The van der Waals surface area contributed by atoms with Gasteiger partial charge in [0.2, 0.25) is 0 Å². The number of allylic oxidation sites excluding steroid dienone is 3. The molecular formula is C18H23FO2. The predicted molar refractivity (Wildman–Crippen MR) is 84.3 cm³/mol. The minimum Gasteiger partial charge on any atom is -0.469 e. The minimum absolute atomic E-state index is 0.229. The van der Waals surface area contributed by atoms with Gasteiger partial charge in [-0.05, 0) is 36.1 Å². The maximum absolute atomic E-state index is 13.3. The summed E-state index contributed by atoms with van der Waals surface area (Å²) in [7, 11) is 1.37. The summed E-state index contributed by atoms with van der Waals surface area (Å²) in [5, 5.41) is 0. The van der Waals surface area contributed by atoms with Gasteiger partial charge in [0.15, 0.2) is 0 Å². The van der Waals surface area contributed by atoms with Crippen molar-refractivity contribution in [1.82, 2.24) is 0 Å². The van der Waals surface area contributed by atoms with E-state index in [4.69, 9.17) is 0 Å². The topological polar surface area (TPSA) is 26.3 Å². The Balaban J connectivity index is 2.78. The summed E-state index contributed by atoms with van der Waals surface area (Å²) in [6.45, 7) is 2.15. The van der Waals surface area contributed by atoms with E-state index in [1.807, 2.05) is 18.2 Å². The number of methoxy groups -OCH3 is 1. The standard InChI is InChI=1S/C18H23FO2/c1-3-4-5-9-15(10-6-7-13-18(20)21-2)16-11-8-12-17(19)14-16/h6-8,10-12,14H,3-5,9,13H2,1-2H3/b7-6+,15-10-. The second kappa shape index (κ2) is 9.92. The molecule has 114 valence electrons. The number of benzene rings is 1. The Bertz CT molecular complexity index is 504. The number of carbonyl (C=O) groups excluding carboxylic acids is 1. The zero-order valence-corrected chi connectivity index (χ0v) is 12.8. The fourth-order valence-electron chi connectivity index (χ4n) is 2.01. The van der Waals surface area contributed by atoms with Crippen molar-refractivity contribution in [3.63, 3.8) is 0 Å². The first-order chi connectivity index (χ1) is 10.2. The van der Waals surface area contributed by atoms with Crippen molar-refractivity contribution >= 4 is 11.5 Å². The van der Waals surface area contributed by atoms with Crippen LogP contribution in [0.5, 0.6) is 0 Å². The zero-order chi connectivity index (χ0) is 15.5. The molecule has 0 unspecified atom stereocenters. The highest BCUT2D eigenvalue weighted by atomic mass is 19.1. The first-order valence-corrected chi connectivity index (χ1v) is 7.35. The minimum atomic E-state index is -0.266. The van der Waals surface area contributed by atoms with Crippen LogP contribution in [-0.2, 0) is 9.53 Å². The lowest BCUT2D eigenvalue weighted by Gasteiger charge is -2.07. The van der Waals surface area contributed by atoms with Crippen LogP contribution in [0.1, 0.15) is 44.6 Å². The predicted octanol–water partition coefficient (Wildman–Crippen LogP) is 4.91. The molecule has 2 nitrogen and oxygen atoms in total. The van der Waals surface area contributed by atoms with Gasteiger partial charge in [-0.25, -0.2) is 4.39 Å².